The summed E-state index contributed by atoms with van der Waals surface area (Å²) >= 11 is 0. The highest BCUT2D eigenvalue weighted by Crippen LogP contribution is 2.20. The molecule has 26 heavy (non-hydrogen) atoms. The topological polar surface area (TPSA) is 65.5 Å². The Morgan fingerprint density at radius 2 is 1.62 bits per heavy atom. The molecule has 1 amide bonds. The number of anilines is 2. The van der Waals surface area contributed by atoms with Gasteiger partial charge in [-0.05, 0) is 32.9 Å². The van der Waals surface area contributed by atoms with Gasteiger partial charge in [-0.1, -0.05) is 0 Å². The predicted octanol–water partition coefficient (Wildman–Crippen LogP) is 1.83. The molecule has 0 atom stereocenters. The Balaban J connectivity index is 1.69. The molecule has 1 aliphatic heterocycles. The fourth-order valence-corrected chi connectivity index (χ4v) is 3.21. The molecule has 0 aliphatic carbocycles. The number of nitrogens with zero attached hydrogens (tertiary/aromatic N) is 6. The predicted molar refractivity (Wildman–Crippen MR) is 103 cm³/mol. The standard InChI is InChI=1S/C19H26N6O/c1-13-10-16(11-14(2)21-13)24-6-8-25(9-7-24)18(26)17-12-20-19(23(4)5)22-15(17)3/h10-12H,6-9H2,1-5H3. The molecule has 0 bridgehead atoms. The van der Waals surface area contributed by atoms with Crippen molar-refractivity contribution < 1.29 is 4.79 Å². The summed E-state index contributed by atoms with van der Waals surface area (Å²) in [5.41, 5.74) is 4.52. The lowest BCUT2D eigenvalue weighted by Crippen LogP contribution is -2.49. The summed E-state index contributed by atoms with van der Waals surface area (Å²) < 4.78 is 0. The van der Waals surface area contributed by atoms with E-state index in [0.717, 1.165) is 30.2 Å². The van der Waals surface area contributed by atoms with Crippen LogP contribution in [0.5, 0.6) is 0 Å². The zero-order chi connectivity index (χ0) is 18.8. The largest absolute Gasteiger partial charge is 0.368 e. The molecule has 1 fully saturated rings. The number of aromatic nitrogens is 3. The average molecular weight is 354 g/mol. The van der Waals surface area contributed by atoms with Gasteiger partial charge in [0.2, 0.25) is 5.95 Å². The number of hydrogen-bond acceptors (Lipinski definition) is 6. The van der Waals surface area contributed by atoms with Crippen molar-refractivity contribution in [3.8, 4) is 0 Å². The molecule has 3 rings (SSSR count). The summed E-state index contributed by atoms with van der Waals surface area (Å²) in [6.07, 6.45) is 1.64. The maximum Gasteiger partial charge on any atom is 0.257 e. The number of rotatable bonds is 3. The van der Waals surface area contributed by atoms with Crippen molar-refractivity contribution in [2.24, 2.45) is 0 Å². The van der Waals surface area contributed by atoms with Gasteiger partial charge in [-0.3, -0.25) is 9.78 Å². The Kier molecular flexibility index (Phi) is 5.06. The molecule has 7 heteroatoms. The van der Waals surface area contributed by atoms with Crippen LogP contribution in [0.2, 0.25) is 0 Å². The van der Waals surface area contributed by atoms with Crippen molar-refractivity contribution in [2.45, 2.75) is 20.8 Å². The lowest BCUT2D eigenvalue weighted by Gasteiger charge is -2.36. The van der Waals surface area contributed by atoms with E-state index in [2.05, 4.69) is 32.0 Å². The maximum atomic E-state index is 12.9. The van der Waals surface area contributed by atoms with E-state index in [0.29, 0.717) is 24.6 Å². The number of carbonyl (C=O) groups is 1. The van der Waals surface area contributed by atoms with E-state index in [1.165, 1.54) is 5.69 Å². The third-order valence-electron chi connectivity index (χ3n) is 4.60. The van der Waals surface area contributed by atoms with Crippen molar-refractivity contribution in [3.05, 3.63) is 41.0 Å². The lowest BCUT2D eigenvalue weighted by atomic mass is 10.2. The zero-order valence-corrected chi connectivity index (χ0v) is 16.2. The van der Waals surface area contributed by atoms with Crippen molar-refractivity contribution >= 4 is 17.5 Å². The molecule has 0 spiro atoms. The van der Waals surface area contributed by atoms with Crippen LogP contribution in [-0.4, -0.2) is 66.0 Å². The Morgan fingerprint density at radius 1 is 1.00 bits per heavy atom. The molecule has 2 aromatic heterocycles. The van der Waals surface area contributed by atoms with Crippen LogP contribution in [-0.2, 0) is 0 Å². The Morgan fingerprint density at radius 3 is 2.15 bits per heavy atom. The summed E-state index contributed by atoms with van der Waals surface area (Å²) in [6, 6.07) is 4.20. The summed E-state index contributed by atoms with van der Waals surface area (Å²) in [5, 5.41) is 0. The van der Waals surface area contributed by atoms with Crippen molar-refractivity contribution in [1.82, 2.24) is 19.9 Å². The average Bonchev–Trinajstić information content (AvgIpc) is 2.60. The minimum Gasteiger partial charge on any atom is -0.368 e. The molecule has 1 aliphatic rings. The third-order valence-corrected chi connectivity index (χ3v) is 4.60. The van der Waals surface area contributed by atoms with Crippen molar-refractivity contribution in [1.29, 1.82) is 0 Å². The van der Waals surface area contributed by atoms with Crippen LogP contribution in [0.25, 0.3) is 0 Å². The van der Waals surface area contributed by atoms with Crippen LogP contribution in [0.15, 0.2) is 18.3 Å². The van der Waals surface area contributed by atoms with Gasteiger partial charge in [0.05, 0.1) is 11.3 Å². The van der Waals surface area contributed by atoms with Gasteiger partial charge in [-0.2, -0.15) is 0 Å². The van der Waals surface area contributed by atoms with Crippen LogP contribution in [0.4, 0.5) is 11.6 Å². The van der Waals surface area contributed by atoms with E-state index in [1.807, 2.05) is 44.7 Å². The second-order valence-electron chi connectivity index (χ2n) is 6.95. The molecule has 7 nitrogen and oxygen atoms in total. The Hall–Kier alpha value is -2.70. The SMILES string of the molecule is Cc1cc(N2CCN(C(=O)c3cnc(N(C)C)nc3C)CC2)cc(C)n1. The monoisotopic (exact) mass is 354 g/mol. The lowest BCUT2D eigenvalue weighted by molar-refractivity contribution is 0.0745. The summed E-state index contributed by atoms with van der Waals surface area (Å²) in [7, 11) is 3.77. The highest BCUT2D eigenvalue weighted by Gasteiger charge is 2.24. The first-order valence-electron chi connectivity index (χ1n) is 8.85. The molecule has 138 valence electrons. The molecule has 0 aromatic carbocycles. The van der Waals surface area contributed by atoms with Crippen LogP contribution in [0, 0.1) is 20.8 Å². The normalized spacial score (nSPS) is 14.5. The van der Waals surface area contributed by atoms with Gasteiger partial charge in [-0.25, -0.2) is 9.97 Å². The quantitative estimate of drug-likeness (QED) is 0.838. The Bertz CT molecular complexity index is 791. The molecular weight excluding hydrogens is 328 g/mol. The second-order valence-corrected chi connectivity index (χ2v) is 6.95. The molecule has 0 radical (unpaired) electrons. The van der Waals surface area contributed by atoms with E-state index in [1.54, 1.807) is 6.20 Å². The highest BCUT2D eigenvalue weighted by molar-refractivity contribution is 5.95. The maximum absolute atomic E-state index is 12.9. The molecule has 1 saturated heterocycles. The van der Waals surface area contributed by atoms with Crippen LogP contribution >= 0.6 is 0 Å². The van der Waals surface area contributed by atoms with Gasteiger partial charge in [0.15, 0.2) is 0 Å². The summed E-state index contributed by atoms with van der Waals surface area (Å²) in [5.74, 6) is 0.627. The van der Waals surface area contributed by atoms with E-state index in [9.17, 15) is 4.79 Å². The number of amides is 1. The molecule has 0 saturated carbocycles. The first-order chi connectivity index (χ1) is 12.3. The molecule has 0 N–H and O–H groups in total. The highest BCUT2D eigenvalue weighted by atomic mass is 16.2. The fraction of sp³-hybridized carbons (Fsp3) is 0.474. The molecular formula is C19H26N6O. The van der Waals surface area contributed by atoms with Gasteiger partial charge in [-0.15, -0.1) is 0 Å². The summed E-state index contributed by atoms with van der Waals surface area (Å²) in [6.45, 7) is 8.88. The van der Waals surface area contributed by atoms with E-state index >= 15 is 0 Å². The van der Waals surface area contributed by atoms with E-state index in [4.69, 9.17) is 0 Å². The summed E-state index contributed by atoms with van der Waals surface area (Å²) in [4.78, 5) is 32.0. The second kappa shape index (κ2) is 7.27. The van der Waals surface area contributed by atoms with E-state index < -0.39 is 0 Å². The fourth-order valence-electron chi connectivity index (χ4n) is 3.21. The van der Waals surface area contributed by atoms with Crippen molar-refractivity contribution in [2.75, 3.05) is 50.1 Å². The van der Waals surface area contributed by atoms with E-state index in [-0.39, 0.29) is 5.91 Å². The van der Waals surface area contributed by atoms with Crippen LogP contribution in [0.3, 0.4) is 0 Å². The van der Waals surface area contributed by atoms with Gasteiger partial charge >= 0.3 is 0 Å². The van der Waals surface area contributed by atoms with Crippen LogP contribution < -0.4 is 9.80 Å². The molecule has 3 heterocycles. The number of piperazine rings is 1. The minimum absolute atomic E-state index is 0.00884. The first kappa shape index (κ1) is 18.1. The third kappa shape index (κ3) is 3.76. The van der Waals surface area contributed by atoms with Gasteiger partial charge < -0.3 is 14.7 Å². The van der Waals surface area contributed by atoms with Crippen LogP contribution in [0.1, 0.15) is 27.4 Å². The minimum atomic E-state index is 0.00884. The number of carbonyl (C=O) groups excluding carboxylic acids is 1. The Labute approximate surface area is 154 Å². The number of aryl methyl sites for hydroxylation is 3. The first-order valence-corrected chi connectivity index (χ1v) is 8.85. The number of pyridine rings is 1. The van der Waals surface area contributed by atoms with Crippen molar-refractivity contribution in [3.63, 3.8) is 0 Å². The van der Waals surface area contributed by atoms with Gasteiger partial charge in [0.25, 0.3) is 5.91 Å². The molecule has 0 unspecified atom stereocenters. The molecule has 2 aromatic rings. The smallest absolute Gasteiger partial charge is 0.257 e. The van der Waals surface area contributed by atoms with Gasteiger partial charge in [0, 0.05) is 63.5 Å². The van der Waals surface area contributed by atoms with Gasteiger partial charge in [0.1, 0.15) is 0 Å². The zero-order valence-electron chi connectivity index (χ0n) is 16.2. The number of hydrogen-bond donors (Lipinski definition) is 0.